The number of piperidine rings is 1. The number of nitrogens with zero attached hydrogens (tertiary/aromatic N) is 4. The van der Waals surface area contributed by atoms with Gasteiger partial charge in [0, 0.05) is 39.4 Å². The van der Waals surface area contributed by atoms with E-state index in [2.05, 4.69) is 46.2 Å². The van der Waals surface area contributed by atoms with Crippen LogP contribution in [0.1, 0.15) is 57.6 Å². The van der Waals surface area contributed by atoms with Crippen molar-refractivity contribution in [1.82, 2.24) is 14.7 Å². The molecular formula is C38H50N4O4. The number of benzene rings is 3. The average molecular weight is 627 g/mol. The summed E-state index contributed by atoms with van der Waals surface area (Å²) in [5, 5.41) is 0. The Labute approximate surface area is 274 Å². The van der Waals surface area contributed by atoms with Gasteiger partial charge in [0.1, 0.15) is 11.0 Å². The van der Waals surface area contributed by atoms with E-state index in [9.17, 15) is 14.4 Å². The van der Waals surface area contributed by atoms with Crippen LogP contribution in [0.15, 0.2) is 91.0 Å². The summed E-state index contributed by atoms with van der Waals surface area (Å²) >= 11 is 0. The lowest BCUT2D eigenvalue weighted by molar-refractivity contribution is -0.144. The van der Waals surface area contributed by atoms with Crippen LogP contribution in [0, 0.1) is 0 Å². The monoisotopic (exact) mass is 626 g/mol. The van der Waals surface area contributed by atoms with Gasteiger partial charge in [-0.3, -0.25) is 14.4 Å². The number of likely N-dealkylation sites (N-methyl/N-ethyl adjacent to an activating group) is 1. The van der Waals surface area contributed by atoms with Crippen molar-refractivity contribution in [3.05, 3.63) is 102 Å². The fraction of sp³-hybridized carbons (Fsp3) is 0.447. The highest BCUT2D eigenvalue weighted by Gasteiger charge is 2.54. The molecule has 0 radical (unpaired) electrons. The zero-order chi connectivity index (χ0) is 33.2. The molecule has 3 aromatic carbocycles. The number of hydrogen-bond donors (Lipinski definition) is 0. The van der Waals surface area contributed by atoms with Crippen molar-refractivity contribution in [2.45, 2.75) is 57.4 Å². The number of carbonyl (C=O) groups is 3. The standard InChI is InChI=1S/C36H44N4O4.C2H6/c1-4-44-32(41)20-24-39-28-40(31-18-12-7-13-19-31)35(33(39)42)21-25-38(26-22-35)27-23-36(34(43)37(2)3,29-14-8-5-9-15-29)30-16-10-6-11-17-30;1-2/h5-19H,4,20-28H2,1-3H3;1-2H3. The number of anilines is 1. The third-order valence-corrected chi connectivity index (χ3v) is 9.26. The first-order valence-corrected chi connectivity index (χ1v) is 16.6. The Balaban J connectivity index is 0.00000235. The third kappa shape index (κ3) is 7.12. The highest BCUT2D eigenvalue weighted by molar-refractivity contribution is 5.94. The van der Waals surface area contributed by atoms with Gasteiger partial charge in [0.25, 0.3) is 0 Å². The maximum atomic E-state index is 14.1. The predicted octanol–water partition coefficient (Wildman–Crippen LogP) is 5.57. The maximum Gasteiger partial charge on any atom is 0.307 e. The van der Waals surface area contributed by atoms with Gasteiger partial charge in [-0.2, -0.15) is 0 Å². The lowest BCUT2D eigenvalue weighted by Gasteiger charge is -2.44. The molecule has 0 bridgehead atoms. The van der Waals surface area contributed by atoms with Crippen molar-refractivity contribution in [2.24, 2.45) is 0 Å². The first-order chi connectivity index (χ1) is 22.3. The fourth-order valence-electron chi connectivity index (χ4n) is 6.94. The molecule has 0 N–H and O–H groups in total. The lowest BCUT2D eigenvalue weighted by atomic mass is 9.70. The molecule has 246 valence electrons. The molecule has 2 amide bonds. The molecule has 2 heterocycles. The molecule has 0 atom stereocenters. The van der Waals surface area contributed by atoms with Crippen molar-refractivity contribution in [1.29, 1.82) is 0 Å². The number of amides is 2. The van der Waals surface area contributed by atoms with Crippen LogP contribution >= 0.6 is 0 Å². The van der Waals surface area contributed by atoms with E-state index in [4.69, 9.17) is 4.74 Å². The van der Waals surface area contributed by atoms with Gasteiger partial charge in [-0.05, 0) is 56.0 Å². The minimum absolute atomic E-state index is 0.0573. The maximum absolute atomic E-state index is 14.1. The summed E-state index contributed by atoms with van der Waals surface area (Å²) in [6, 6.07) is 30.3. The van der Waals surface area contributed by atoms with E-state index in [1.807, 2.05) is 87.4 Å². The van der Waals surface area contributed by atoms with Gasteiger partial charge in [-0.1, -0.05) is 92.7 Å². The minimum atomic E-state index is -0.829. The summed E-state index contributed by atoms with van der Waals surface area (Å²) in [7, 11) is 3.65. The SMILES string of the molecule is CC.CCOC(=O)CCN1CN(c2ccccc2)C2(CCN(CCC(C(=O)N(C)C)(c3ccccc3)c3ccccc3)CC2)C1=O. The molecule has 8 nitrogen and oxygen atoms in total. The topological polar surface area (TPSA) is 73.4 Å². The molecule has 46 heavy (non-hydrogen) atoms. The van der Waals surface area contributed by atoms with Crippen LogP contribution in [-0.4, -0.2) is 91.6 Å². The summed E-state index contributed by atoms with van der Waals surface area (Å²) in [5.74, 6) is -0.146. The second kappa shape index (κ2) is 15.9. The summed E-state index contributed by atoms with van der Waals surface area (Å²) in [6.45, 7) is 9.09. The highest BCUT2D eigenvalue weighted by Crippen LogP contribution is 2.41. The van der Waals surface area contributed by atoms with Crippen molar-refractivity contribution in [2.75, 3.05) is 58.4 Å². The summed E-state index contributed by atoms with van der Waals surface area (Å²) < 4.78 is 5.12. The Morgan fingerprint density at radius 3 is 1.85 bits per heavy atom. The van der Waals surface area contributed by atoms with E-state index in [-0.39, 0.29) is 24.2 Å². The second-order valence-electron chi connectivity index (χ2n) is 12.0. The molecule has 5 rings (SSSR count). The summed E-state index contributed by atoms with van der Waals surface area (Å²) in [5.41, 5.74) is 1.48. The Morgan fingerprint density at radius 1 is 0.826 bits per heavy atom. The normalized spacial score (nSPS) is 16.2. The second-order valence-corrected chi connectivity index (χ2v) is 12.0. The average Bonchev–Trinajstić information content (AvgIpc) is 3.37. The van der Waals surface area contributed by atoms with Crippen LogP contribution in [0.25, 0.3) is 0 Å². The molecule has 0 saturated carbocycles. The molecule has 0 aromatic heterocycles. The van der Waals surface area contributed by atoms with E-state index in [1.165, 1.54) is 0 Å². The third-order valence-electron chi connectivity index (χ3n) is 9.26. The minimum Gasteiger partial charge on any atom is -0.466 e. The largest absolute Gasteiger partial charge is 0.466 e. The van der Waals surface area contributed by atoms with Crippen LogP contribution in [0.4, 0.5) is 5.69 Å². The smallest absolute Gasteiger partial charge is 0.307 e. The molecule has 8 heteroatoms. The van der Waals surface area contributed by atoms with Crippen LogP contribution < -0.4 is 4.90 Å². The summed E-state index contributed by atoms with van der Waals surface area (Å²) in [4.78, 5) is 48.4. The number of carbonyl (C=O) groups excluding carboxylic acids is 3. The van der Waals surface area contributed by atoms with E-state index in [0.29, 0.717) is 45.6 Å². The van der Waals surface area contributed by atoms with Crippen molar-refractivity contribution >= 4 is 23.5 Å². The number of para-hydroxylation sites is 1. The van der Waals surface area contributed by atoms with Crippen molar-refractivity contribution in [3.8, 4) is 0 Å². The number of rotatable bonds is 11. The first-order valence-electron chi connectivity index (χ1n) is 16.6. The van der Waals surface area contributed by atoms with Crippen LogP contribution in [0.5, 0.6) is 0 Å². The van der Waals surface area contributed by atoms with E-state index < -0.39 is 11.0 Å². The zero-order valence-corrected chi connectivity index (χ0v) is 28.2. The molecule has 0 unspecified atom stereocenters. The van der Waals surface area contributed by atoms with Gasteiger partial charge in [0.15, 0.2) is 0 Å². The quantitative estimate of drug-likeness (QED) is 0.259. The van der Waals surface area contributed by atoms with Gasteiger partial charge in [-0.15, -0.1) is 0 Å². The number of esters is 1. The number of likely N-dealkylation sites (tertiary alicyclic amines) is 1. The van der Waals surface area contributed by atoms with Gasteiger partial charge in [0.2, 0.25) is 11.8 Å². The molecule has 2 aliphatic heterocycles. The number of ether oxygens (including phenoxy) is 1. The fourth-order valence-corrected chi connectivity index (χ4v) is 6.94. The van der Waals surface area contributed by atoms with Crippen molar-refractivity contribution in [3.63, 3.8) is 0 Å². The molecule has 3 aromatic rings. The van der Waals surface area contributed by atoms with Gasteiger partial charge in [-0.25, -0.2) is 0 Å². The summed E-state index contributed by atoms with van der Waals surface area (Å²) in [6.07, 6.45) is 2.14. The zero-order valence-electron chi connectivity index (χ0n) is 28.2. The molecular weight excluding hydrogens is 576 g/mol. The Hall–Kier alpha value is -4.17. The Morgan fingerprint density at radius 2 is 1.35 bits per heavy atom. The van der Waals surface area contributed by atoms with Crippen LogP contribution in [0.2, 0.25) is 0 Å². The van der Waals surface area contributed by atoms with E-state index in [1.54, 1.807) is 11.8 Å². The van der Waals surface area contributed by atoms with Gasteiger partial charge in [0.05, 0.1) is 19.7 Å². The highest BCUT2D eigenvalue weighted by atomic mass is 16.5. The molecule has 2 saturated heterocycles. The first kappa shape index (κ1) is 34.7. The Bertz CT molecular complexity index is 1370. The predicted molar refractivity (Wildman–Crippen MR) is 183 cm³/mol. The van der Waals surface area contributed by atoms with E-state index >= 15 is 0 Å². The van der Waals surface area contributed by atoms with Crippen LogP contribution in [0.3, 0.4) is 0 Å². The number of hydrogen-bond acceptors (Lipinski definition) is 6. The molecule has 2 aliphatic rings. The van der Waals surface area contributed by atoms with Crippen LogP contribution in [-0.2, 0) is 24.5 Å². The van der Waals surface area contributed by atoms with Gasteiger partial charge < -0.3 is 24.3 Å². The molecule has 2 fully saturated rings. The van der Waals surface area contributed by atoms with Crippen molar-refractivity contribution < 1.29 is 19.1 Å². The lowest BCUT2D eigenvalue weighted by Crippen LogP contribution is -2.57. The molecule has 0 aliphatic carbocycles. The van der Waals surface area contributed by atoms with E-state index in [0.717, 1.165) is 29.9 Å². The Kier molecular flexibility index (Phi) is 12.0. The molecule has 1 spiro atoms. The van der Waals surface area contributed by atoms with Gasteiger partial charge >= 0.3 is 5.97 Å².